The highest BCUT2D eigenvalue weighted by Gasteiger charge is 2.44. The van der Waals surface area contributed by atoms with Crippen LogP contribution < -0.4 is 5.32 Å². The first-order valence-electron chi connectivity index (χ1n) is 33.5. The molecule has 1 aliphatic rings. The van der Waals surface area contributed by atoms with Crippen LogP contribution in [-0.4, -0.2) is 87.5 Å². The molecule has 1 amide bonds. The van der Waals surface area contributed by atoms with Crippen LogP contribution in [0.5, 0.6) is 0 Å². The van der Waals surface area contributed by atoms with Crippen LogP contribution in [0, 0.1) is 0 Å². The van der Waals surface area contributed by atoms with Gasteiger partial charge in [-0.15, -0.1) is 0 Å². The first-order chi connectivity index (χ1) is 38.3. The highest BCUT2D eigenvalue weighted by atomic mass is 16.7. The number of aliphatic hydroxyl groups excluding tert-OH is 5. The zero-order valence-corrected chi connectivity index (χ0v) is 50.9. The molecule has 0 aromatic rings. The molecule has 1 heterocycles. The molecule has 1 aliphatic heterocycles. The molecule has 1 rings (SSSR count). The van der Waals surface area contributed by atoms with E-state index in [-0.39, 0.29) is 12.5 Å². The summed E-state index contributed by atoms with van der Waals surface area (Å²) in [5.74, 6) is -0.148. The van der Waals surface area contributed by atoms with E-state index in [9.17, 15) is 30.3 Å². The lowest BCUT2D eigenvalue weighted by molar-refractivity contribution is -0.302. The topological polar surface area (TPSA) is 149 Å². The number of amides is 1. The fourth-order valence-electron chi connectivity index (χ4n) is 10.7. The molecule has 6 N–H and O–H groups in total. The van der Waals surface area contributed by atoms with Gasteiger partial charge in [-0.3, -0.25) is 4.79 Å². The Labute approximate surface area is 481 Å². The molecule has 1 saturated heterocycles. The number of ether oxygens (including phenoxy) is 2. The van der Waals surface area contributed by atoms with Crippen LogP contribution in [0.15, 0.2) is 60.8 Å². The van der Waals surface area contributed by atoms with Crippen molar-refractivity contribution in [3.8, 4) is 0 Å². The lowest BCUT2D eigenvalue weighted by Crippen LogP contribution is -2.60. The molecular formula is C69H127NO8. The summed E-state index contributed by atoms with van der Waals surface area (Å²) in [7, 11) is 0. The molecule has 7 atom stereocenters. The molecule has 1 fully saturated rings. The summed E-state index contributed by atoms with van der Waals surface area (Å²) in [5.41, 5.74) is 0. The largest absolute Gasteiger partial charge is 0.394 e. The van der Waals surface area contributed by atoms with Gasteiger partial charge in [-0.1, -0.05) is 312 Å². The Morgan fingerprint density at radius 3 is 1.18 bits per heavy atom. The van der Waals surface area contributed by atoms with E-state index in [1.165, 1.54) is 212 Å². The maximum Gasteiger partial charge on any atom is 0.220 e. The molecule has 0 aliphatic carbocycles. The van der Waals surface area contributed by atoms with Crippen molar-refractivity contribution in [1.29, 1.82) is 0 Å². The Bertz CT molecular complexity index is 1410. The van der Waals surface area contributed by atoms with Gasteiger partial charge in [0.2, 0.25) is 5.91 Å². The molecule has 0 saturated carbocycles. The summed E-state index contributed by atoms with van der Waals surface area (Å²) >= 11 is 0. The second-order valence-corrected chi connectivity index (χ2v) is 23.2. The van der Waals surface area contributed by atoms with E-state index in [4.69, 9.17) is 9.47 Å². The summed E-state index contributed by atoms with van der Waals surface area (Å²) in [4.78, 5) is 13.1. The number of hydrogen-bond donors (Lipinski definition) is 6. The highest BCUT2D eigenvalue weighted by molar-refractivity contribution is 5.76. The van der Waals surface area contributed by atoms with Gasteiger partial charge in [-0.05, 0) is 57.8 Å². The van der Waals surface area contributed by atoms with Crippen molar-refractivity contribution in [2.75, 3.05) is 13.2 Å². The predicted molar refractivity (Wildman–Crippen MR) is 332 cm³/mol. The smallest absolute Gasteiger partial charge is 0.220 e. The lowest BCUT2D eigenvalue weighted by Gasteiger charge is -2.40. The molecule has 0 bridgehead atoms. The number of unbranched alkanes of at least 4 members (excludes halogenated alkanes) is 38. The van der Waals surface area contributed by atoms with Crippen molar-refractivity contribution in [3.63, 3.8) is 0 Å². The lowest BCUT2D eigenvalue weighted by atomic mass is 9.99. The standard InChI is InChI=1S/C69H127NO8/c1-3-5-7-9-11-13-15-17-19-21-23-25-27-29-30-31-32-33-35-36-38-40-42-44-46-48-50-52-54-56-58-63(72)62(61-77-69-68(76)67(75)66(74)64(60-71)78-69)70-65(73)59-57-55-53-51-49-47-45-43-41-39-37-34-28-26-24-22-20-18-16-14-12-10-8-6-4-2/h6,8,12,14,18,20,24,26,34,37,62-64,66-69,71-72,74-76H,3-5,7,9-11,13,15-17,19,21-23,25,27-33,35-36,38-61H2,1-2H3,(H,70,73)/b8-6-,14-12-,20-18-,26-24-,37-34-. The third-order valence-corrected chi connectivity index (χ3v) is 15.9. The number of rotatable bonds is 58. The maximum atomic E-state index is 13.1. The first-order valence-corrected chi connectivity index (χ1v) is 33.5. The fraction of sp³-hybridized carbons (Fsp3) is 0.841. The fourth-order valence-corrected chi connectivity index (χ4v) is 10.7. The summed E-state index contributed by atoms with van der Waals surface area (Å²) in [6.45, 7) is 3.76. The minimum Gasteiger partial charge on any atom is -0.394 e. The second-order valence-electron chi connectivity index (χ2n) is 23.2. The molecule has 9 heteroatoms. The van der Waals surface area contributed by atoms with E-state index in [1.807, 2.05) is 0 Å². The average molecular weight is 1100 g/mol. The van der Waals surface area contributed by atoms with Gasteiger partial charge in [0.15, 0.2) is 6.29 Å². The number of carbonyl (C=O) groups excluding carboxylic acids is 1. The molecule has 456 valence electrons. The summed E-state index contributed by atoms with van der Waals surface area (Å²) in [6, 6.07) is -0.727. The van der Waals surface area contributed by atoms with Gasteiger partial charge >= 0.3 is 0 Å². The van der Waals surface area contributed by atoms with Gasteiger partial charge in [0, 0.05) is 6.42 Å². The van der Waals surface area contributed by atoms with Crippen LogP contribution >= 0.6 is 0 Å². The zero-order valence-electron chi connectivity index (χ0n) is 50.9. The molecule has 78 heavy (non-hydrogen) atoms. The Morgan fingerprint density at radius 2 is 0.795 bits per heavy atom. The first kappa shape index (κ1) is 73.9. The Balaban J connectivity index is 2.14. The van der Waals surface area contributed by atoms with Crippen LogP contribution in [0.2, 0.25) is 0 Å². The Kier molecular flexibility index (Phi) is 55.0. The van der Waals surface area contributed by atoms with Gasteiger partial charge in [0.1, 0.15) is 24.4 Å². The SMILES string of the molecule is CC/C=C\C/C=C\C/C=C\C/C=C\C/C=C\CCCCCCCCCCCC(=O)NC(COC1OC(CO)C(O)C(O)C1O)C(O)CCCCCCCCCCCCCCCCCCCCCCCCCCCCCCCC. The van der Waals surface area contributed by atoms with Gasteiger partial charge < -0.3 is 40.3 Å². The van der Waals surface area contributed by atoms with Gasteiger partial charge in [0.25, 0.3) is 0 Å². The van der Waals surface area contributed by atoms with E-state index in [0.29, 0.717) is 12.8 Å². The summed E-state index contributed by atoms with van der Waals surface area (Å²) in [5, 5.41) is 54.9. The van der Waals surface area contributed by atoms with E-state index in [1.54, 1.807) is 0 Å². The predicted octanol–water partition coefficient (Wildman–Crippen LogP) is 17.8. The van der Waals surface area contributed by atoms with Gasteiger partial charge in [-0.2, -0.15) is 0 Å². The van der Waals surface area contributed by atoms with Crippen molar-refractivity contribution in [3.05, 3.63) is 60.8 Å². The van der Waals surface area contributed by atoms with Crippen LogP contribution in [-0.2, 0) is 14.3 Å². The van der Waals surface area contributed by atoms with Crippen molar-refractivity contribution >= 4 is 5.91 Å². The molecule has 7 unspecified atom stereocenters. The third-order valence-electron chi connectivity index (χ3n) is 15.9. The number of hydrogen-bond acceptors (Lipinski definition) is 8. The quantitative estimate of drug-likeness (QED) is 0.0261. The number of allylic oxidation sites excluding steroid dienone is 10. The van der Waals surface area contributed by atoms with E-state index in [0.717, 1.165) is 77.0 Å². The molecule has 9 nitrogen and oxygen atoms in total. The van der Waals surface area contributed by atoms with Gasteiger partial charge in [-0.25, -0.2) is 0 Å². The van der Waals surface area contributed by atoms with Crippen LogP contribution in [0.1, 0.15) is 316 Å². The minimum absolute atomic E-state index is 0.141. The Morgan fingerprint density at radius 1 is 0.449 bits per heavy atom. The van der Waals surface area contributed by atoms with E-state index in [2.05, 4.69) is 79.9 Å². The number of aliphatic hydroxyl groups is 5. The molecule has 0 radical (unpaired) electrons. The highest BCUT2D eigenvalue weighted by Crippen LogP contribution is 2.24. The van der Waals surface area contributed by atoms with Crippen molar-refractivity contribution in [2.24, 2.45) is 0 Å². The summed E-state index contributed by atoms with van der Waals surface area (Å²) < 4.78 is 11.4. The van der Waals surface area contributed by atoms with Crippen LogP contribution in [0.4, 0.5) is 0 Å². The molecular weight excluding hydrogens is 971 g/mol. The zero-order chi connectivity index (χ0) is 56.5. The molecule has 0 aromatic carbocycles. The van der Waals surface area contributed by atoms with E-state index < -0.39 is 49.5 Å². The van der Waals surface area contributed by atoms with Crippen molar-refractivity contribution in [1.82, 2.24) is 5.32 Å². The molecule has 0 aromatic heterocycles. The number of carbonyl (C=O) groups is 1. The third kappa shape index (κ3) is 46.5. The van der Waals surface area contributed by atoms with Crippen LogP contribution in [0.3, 0.4) is 0 Å². The summed E-state index contributed by atoms with van der Waals surface area (Å²) in [6.07, 6.45) is 72.7. The monoisotopic (exact) mass is 1100 g/mol. The second kappa shape index (κ2) is 58.1. The minimum atomic E-state index is -1.56. The maximum absolute atomic E-state index is 13.1. The van der Waals surface area contributed by atoms with Crippen LogP contribution in [0.25, 0.3) is 0 Å². The molecule has 0 spiro atoms. The van der Waals surface area contributed by atoms with Crippen molar-refractivity contribution in [2.45, 2.75) is 358 Å². The Hall–Kier alpha value is -2.11. The average Bonchev–Trinajstić information content (AvgIpc) is 3.45. The van der Waals surface area contributed by atoms with Gasteiger partial charge in [0.05, 0.1) is 25.4 Å². The number of nitrogens with one attached hydrogen (secondary N) is 1. The van der Waals surface area contributed by atoms with E-state index >= 15 is 0 Å². The van der Waals surface area contributed by atoms with Crippen molar-refractivity contribution < 1.29 is 39.8 Å². The normalized spacial score (nSPS) is 19.0.